The Hall–Kier alpha value is -4.67. The smallest absolute Gasteiger partial charge is 0.475 e. The van der Waals surface area contributed by atoms with Gasteiger partial charge in [0.25, 0.3) is 5.91 Å². The molecular weight excluding hydrogens is 735 g/mol. The molecule has 0 unspecified atom stereocenters. The molecule has 8 N–H and O–H groups in total. The van der Waals surface area contributed by atoms with E-state index in [-0.39, 0.29) is 96.8 Å². The van der Waals surface area contributed by atoms with E-state index in [9.17, 15) is 58.9 Å². The average molecular weight is 791 g/mol. The zero-order valence-electron chi connectivity index (χ0n) is 31.8. The van der Waals surface area contributed by atoms with Crippen LogP contribution in [0, 0.1) is 0 Å². The number of benzene rings is 1. The second-order valence-electron chi connectivity index (χ2n) is 14.1. The number of carboxylic acids is 3. The van der Waals surface area contributed by atoms with Crippen LogP contribution in [-0.2, 0) is 35.3 Å². The molecular formula is C35H55BN8O12. The lowest BCUT2D eigenvalue weighted by Crippen LogP contribution is -2.52. The molecule has 0 spiro atoms. The number of hydrogen-bond donors (Lipinski definition) is 8. The Kier molecular flexibility index (Phi) is 19.1. The zero-order chi connectivity index (χ0) is 41.2. The Morgan fingerprint density at radius 2 is 1.18 bits per heavy atom. The van der Waals surface area contributed by atoms with E-state index in [2.05, 4.69) is 16.0 Å². The molecule has 3 rings (SSSR count). The molecule has 2 atom stereocenters. The lowest BCUT2D eigenvalue weighted by Gasteiger charge is -2.32. The monoisotopic (exact) mass is 790 g/mol. The summed E-state index contributed by atoms with van der Waals surface area (Å²) in [6, 6.07) is 5.62. The summed E-state index contributed by atoms with van der Waals surface area (Å²) in [5.41, 5.74) is 1.04. The van der Waals surface area contributed by atoms with Gasteiger partial charge >= 0.3 is 25.0 Å². The normalized spacial score (nSPS) is 18.6. The molecule has 0 radical (unpaired) electrons. The second-order valence-corrected chi connectivity index (χ2v) is 14.1. The lowest BCUT2D eigenvalue weighted by atomic mass is 9.78. The van der Waals surface area contributed by atoms with E-state index < -0.39 is 48.8 Å². The molecule has 2 heterocycles. The third kappa shape index (κ3) is 16.6. The van der Waals surface area contributed by atoms with Gasteiger partial charge in [-0.2, -0.15) is 0 Å². The summed E-state index contributed by atoms with van der Waals surface area (Å²) in [5, 5.41) is 55.4. The fourth-order valence-electron chi connectivity index (χ4n) is 6.55. The minimum atomic E-state index is -1.65. The SMILES string of the molecule is C[C@@H](NC(=O)c1ccc(CNC(=O)CCCNC(=O)CN2CCN(CC(=O)O)CCN(CC(=O)O)CCN(CC(=O)O)CC2)cc1)C(=O)N1CCC[C@H]1B(O)O. The molecule has 56 heavy (non-hydrogen) atoms. The van der Waals surface area contributed by atoms with Gasteiger partial charge in [0.2, 0.25) is 17.7 Å². The Bertz CT molecular complexity index is 1470. The Balaban J connectivity index is 1.42. The Morgan fingerprint density at radius 1 is 0.696 bits per heavy atom. The van der Waals surface area contributed by atoms with Crippen molar-refractivity contribution in [3.8, 4) is 0 Å². The summed E-state index contributed by atoms with van der Waals surface area (Å²) in [7, 11) is -1.65. The van der Waals surface area contributed by atoms with Crippen LogP contribution in [0.25, 0.3) is 0 Å². The Morgan fingerprint density at radius 3 is 1.64 bits per heavy atom. The molecule has 0 saturated carbocycles. The fourth-order valence-corrected chi connectivity index (χ4v) is 6.55. The topological polar surface area (TPSA) is 273 Å². The molecule has 4 amide bonds. The maximum atomic E-state index is 12.9. The van der Waals surface area contributed by atoms with E-state index in [1.807, 2.05) is 4.90 Å². The highest BCUT2D eigenvalue weighted by Crippen LogP contribution is 2.19. The van der Waals surface area contributed by atoms with Gasteiger partial charge in [0.1, 0.15) is 6.04 Å². The number of carbonyl (C=O) groups is 7. The predicted octanol–water partition coefficient (Wildman–Crippen LogP) is -3.20. The first kappa shape index (κ1) is 45.7. The molecule has 2 saturated heterocycles. The van der Waals surface area contributed by atoms with Crippen LogP contribution in [0.2, 0.25) is 0 Å². The summed E-state index contributed by atoms with van der Waals surface area (Å²) in [5.74, 6) is -5.26. The first-order chi connectivity index (χ1) is 26.6. The van der Waals surface area contributed by atoms with Crippen molar-refractivity contribution in [3.05, 3.63) is 35.4 Å². The van der Waals surface area contributed by atoms with Gasteiger partial charge in [0.15, 0.2) is 0 Å². The lowest BCUT2D eigenvalue weighted by molar-refractivity contribution is -0.140. The van der Waals surface area contributed by atoms with Crippen LogP contribution in [0.1, 0.15) is 48.5 Å². The minimum absolute atomic E-state index is 0.0326. The van der Waals surface area contributed by atoms with Crippen LogP contribution in [0.4, 0.5) is 0 Å². The standard InChI is InChI=1S/C35H55BN8O12/c1-25(35(54)44-11-3-4-28(44)36(55)56)39-34(53)27-8-6-26(7-9-27)20-38-29(45)5-2-10-37-30(46)21-40-12-14-41(22-31(47)48)16-18-43(24-33(51)52)19-17-42(15-13-40)23-32(49)50/h6-9,25,28,55-56H,2-5,10-24H2,1H3,(H,37,46)(H,38,45)(H,39,53)(H,47,48)(H,49,50)(H,51,52)/t25-,28+/m1/s1. The molecule has 1 aromatic rings. The van der Waals surface area contributed by atoms with Gasteiger partial charge in [0, 0.05) is 84.0 Å². The van der Waals surface area contributed by atoms with Gasteiger partial charge in [-0.15, -0.1) is 0 Å². The number of carbonyl (C=O) groups excluding carboxylic acids is 4. The average Bonchev–Trinajstić information content (AvgIpc) is 3.63. The fraction of sp³-hybridized carbons (Fsp3) is 0.629. The molecule has 21 heteroatoms. The summed E-state index contributed by atoms with van der Waals surface area (Å²) in [4.78, 5) is 93.4. The second kappa shape index (κ2) is 23.4. The number of amides is 4. The van der Waals surface area contributed by atoms with Crippen molar-refractivity contribution in [3.63, 3.8) is 0 Å². The van der Waals surface area contributed by atoms with E-state index in [4.69, 9.17) is 0 Å². The molecule has 310 valence electrons. The quantitative estimate of drug-likeness (QED) is 0.0537. The number of aliphatic carboxylic acids is 3. The van der Waals surface area contributed by atoms with Crippen LogP contribution in [0.3, 0.4) is 0 Å². The predicted molar refractivity (Wildman–Crippen MR) is 201 cm³/mol. The minimum Gasteiger partial charge on any atom is -0.480 e. The first-order valence-corrected chi connectivity index (χ1v) is 18.8. The highest BCUT2D eigenvalue weighted by atomic mass is 16.4. The van der Waals surface area contributed by atoms with E-state index in [1.54, 1.807) is 39.0 Å². The van der Waals surface area contributed by atoms with Crippen LogP contribution < -0.4 is 16.0 Å². The number of likely N-dealkylation sites (tertiary alicyclic amines) is 1. The summed E-state index contributed by atoms with van der Waals surface area (Å²) >= 11 is 0. The van der Waals surface area contributed by atoms with Crippen molar-refractivity contribution < 1.29 is 58.9 Å². The maximum absolute atomic E-state index is 12.9. The number of nitrogens with zero attached hydrogens (tertiary/aromatic N) is 5. The number of rotatable bonds is 18. The Labute approximate surface area is 325 Å². The van der Waals surface area contributed by atoms with Crippen molar-refractivity contribution in [2.24, 2.45) is 0 Å². The van der Waals surface area contributed by atoms with Crippen LogP contribution in [0.5, 0.6) is 0 Å². The van der Waals surface area contributed by atoms with Gasteiger partial charge in [-0.05, 0) is 43.9 Å². The van der Waals surface area contributed by atoms with Gasteiger partial charge < -0.3 is 46.2 Å². The van der Waals surface area contributed by atoms with Crippen molar-refractivity contribution in [1.29, 1.82) is 0 Å². The highest BCUT2D eigenvalue weighted by molar-refractivity contribution is 6.43. The highest BCUT2D eigenvalue weighted by Gasteiger charge is 2.38. The molecule has 2 aliphatic heterocycles. The van der Waals surface area contributed by atoms with Crippen molar-refractivity contribution in [2.45, 2.75) is 51.1 Å². The molecule has 20 nitrogen and oxygen atoms in total. The zero-order valence-corrected chi connectivity index (χ0v) is 31.8. The summed E-state index contributed by atoms with van der Waals surface area (Å²) in [6.07, 6.45) is 1.60. The molecule has 0 aliphatic carbocycles. The van der Waals surface area contributed by atoms with Crippen LogP contribution >= 0.6 is 0 Å². The summed E-state index contributed by atoms with van der Waals surface area (Å²) in [6.45, 7) is 3.78. The maximum Gasteiger partial charge on any atom is 0.475 e. The van der Waals surface area contributed by atoms with E-state index >= 15 is 0 Å². The van der Waals surface area contributed by atoms with Gasteiger partial charge in [-0.3, -0.25) is 53.2 Å². The number of carboxylic acid groups (broad SMARTS) is 3. The van der Waals surface area contributed by atoms with Gasteiger partial charge in [-0.1, -0.05) is 12.1 Å². The van der Waals surface area contributed by atoms with Crippen molar-refractivity contribution >= 4 is 48.7 Å². The van der Waals surface area contributed by atoms with Crippen LogP contribution in [-0.4, -0.2) is 202 Å². The van der Waals surface area contributed by atoms with Gasteiger partial charge in [0.05, 0.1) is 32.1 Å². The van der Waals surface area contributed by atoms with E-state index in [0.717, 1.165) is 5.56 Å². The number of hydrogen-bond acceptors (Lipinski definition) is 13. The molecule has 0 aromatic heterocycles. The summed E-state index contributed by atoms with van der Waals surface area (Å²) < 4.78 is 0. The van der Waals surface area contributed by atoms with Crippen molar-refractivity contribution in [1.82, 2.24) is 40.4 Å². The van der Waals surface area contributed by atoms with E-state index in [1.165, 1.54) is 11.8 Å². The number of nitrogens with one attached hydrogen (secondary N) is 3. The van der Waals surface area contributed by atoms with Crippen molar-refractivity contribution in [2.75, 3.05) is 91.6 Å². The third-order valence-electron chi connectivity index (χ3n) is 9.63. The largest absolute Gasteiger partial charge is 0.480 e. The molecule has 2 aliphatic rings. The van der Waals surface area contributed by atoms with E-state index in [0.29, 0.717) is 44.5 Å². The van der Waals surface area contributed by atoms with Crippen LogP contribution in [0.15, 0.2) is 24.3 Å². The molecule has 2 fully saturated rings. The molecule has 1 aromatic carbocycles. The van der Waals surface area contributed by atoms with Gasteiger partial charge in [-0.25, -0.2) is 0 Å². The molecule has 0 bridgehead atoms. The first-order valence-electron chi connectivity index (χ1n) is 18.8. The third-order valence-corrected chi connectivity index (χ3v) is 9.63.